The molecule has 1 heterocycles. The summed E-state index contributed by atoms with van der Waals surface area (Å²) >= 11 is 5.92. The summed E-state index contributed by atoms with van der Waals surface area (Å²) in [5.41, 5.74) is -1.40. The van der Waals surface area contributed by atoms with E-state index in [9.17, 15) is 27.2 Å². The molecule has 1 aliphatic rings. The third kappa shape index (κ3) is 5.53. The molecule has 1 aromatic heterocycles. The van der Waals surface area contributed by atoms with E-state index in [1.165, 1.54) is 22.9 Å². The van der Waals surface area contributed by atoms with E-state index in [1.54, 1.807) is 0 Å². The number of anilines is 1. The maximum Gasteiger partial charge on any atom is 0.425 e. The molecule has 37 heavy (non-hydrogen) atoms. The van der Waals surface area contributed by atoms with Gasteiger partial charge in [-0.15, -0.1) is 0 Å². The minimum atomic E-state index is -4.81. The second-order valence-corrected chi connectivity index (χ2v) is 8.67. The molecular weight excluding hydrogens is 525 g/mol. The summed E-state index contributed by atoms with van der Waals surface area (Å²) < 4.78 is 80.5. The Morgan fingerprint density at radius 2 is 1.86 bits per heavy atom. The summed E-state index contributed by atoms with van der Waals surface area (Å²) in [5, 5.41) is 6.11. The predicted molar refractivity (Wildman–Crippen MR) is 123 cm³/mol. The zero-order valence-electron chi connectivity index (χ0n) is 19.3. The average molecular weight is 544 g/mol. The summed E-state index contributed by atoms with van der Waals surface area (Å²) in [5.74, 6) is -4.51. The molecule has 0 saturated heterocycles. The SMILES string of the molecule is COC(=O)c1cc(-c2cc(OC(C)C(F)(F)F)c(C(=O)Nc3c(F)cccc3Cl)cc2F)n(C2CC2)n1. The van der Waals surface area contributed by atoms with Crippen LogP contribution >= 0.6 is 11.6 Å². The van der Waals surface area contributed by atoms with E-state index < -0.39 is 52.8 Å². The fourth-order valence-electron chi connectivity index (χ4n) is 3.48. The molecular formula is C24H19ClF5N3O4. The highest BCUT2D eigenvalue weighted by molar-refractivity contribution is 6.34. The molecule has 0 aliphatic heterocycles. The van der Waals surface area contributed by atoms with E-state index >= 15 is 4.39 Å². The summed E-state index contributed by atoms with van der Waals surface area (Å²) in [6, 6.07) is 6.23. The first-order valence-electron chi connectivity index (χ1n) is 10.9. The number of nitrogens with zero attached hydrogens (tertiary/aromatic N) is 2. The Hall–Kier alpha value is -3.67. The lowest BCUT2D eigenvalue weighted by molar-refractivity contribution is -0.189. The number of esters is 1. The Kier molecular flexibility index (Phi) is 7.13. The number of methoxy groups -OCH3 is 1. The fourth-order valence-corrected chi connectivity index (χ4v) is 3.69. The van der Waals surface area contributed by atoms with Crippen molar-refractivity contribution in [1.82, 2.24) is 9.78 Å². The second-order valence-electron chi connectivity index (χ2n) is 8.26. The smallest absolute Gasteiger partial charge is 0.425 e. The highest BCUT2D eigenvalue weighted by Crippen LogP contribution is 2.41. The van der Waals surface area contributed by atoms with Crippen LogP contribution in [0.4, 0.5) is 27.6 Å². The molecule has 7 nitrogen and oxygen atoms in total. The molecule has 1 unspecified atom stereocenters. The zero-order chi connectivity index (χ0) is 27.1. The van der Waals surface area contributed by atoms with Crippen LogP contribution in [-0.2, 0) is 4.74 Å². The van der Waals surface area contributed by atoms with Gasteiger partial charge in [0.05, 0.1) is 35.1 Å². The van der Waals surface area contributed by atoms with E-state index in [2.05, 4.69) is 15.2 Å². The summed E-state index contributed by atoms with van der Waals surface area (Å²) in [7, 11) is 1.14. The van der Waals surface area contributed by atoms with Crippen LogP contribution in [0.3, 0.4) is 0 Å². The Bertz CT molecular complexity index is 1350. The molecule has 1 saturated carbocycles. The number of rotatable bonds is 7. The van der Waals surface area contributed by atoms with Crippen LogP contribution in [0, 0.1) is 11.6 Å². The number of amides is 1. The number of nitrogens with one attached hydrogen (secondary N) is 1. The molecule has 13 heteroatoms. The molecule has 1 atom stereocenters. The largest absolute Gasteiger partial charge is 0.480 e. The van der Waals surface area contributed by atoms with Crippen molar-refractivity contribution in [3.05, 3.63) is 64.3 Å². The monoisotopic (exact) mass is 543 g/mol. The van der Waals surface area contributed by atoms with Crippen LogP contribution in [0.15, 0.2) is 36.4 Å². The number of para-hydroxylation sites is 1. The van der Waals surface area contributed by atoms with Gasteiger partial charge in [-0.3, -0.25) is 9.48 Å². The third-order valence-electron chi connectivity index (χ3n) is 5.58. The van der Waals surface area contributed by atoms with Gasteiger partial charge in [0.1, 0.15) is 17.4 Å². The Balaban J connectivity index is 1.82. The number of ether oxygens (including phenoxy) is 2. The number of hydrogen-bond donors (Lipinski definition) is 1. The quantitative estimate of drug-likeness (QED) is 0.284. The van der Waals surface area contributed by atoms with Crippen molar-refractivity contribution in [3.8, 4) is 17.0 Å². The van der Waals surface area contributed by atoms with Crippen LogP contribution in [0.2, 0.25) is 5.02 Å². The van der Waals surface area contributed by atoms with Crippen LogP contribution < -0.4 is 10.1 Å². The number of carbonyl (C=O) groups excluding carboxylic acids is 2. The Morgan fingerprint density at radius 3 is 2.46 bits per heavy atom. The molecule has 1 fully saturated rings. The van der Waals surface area contributed by atoms with Gasteiger partial charge in [-0.1, -0.05) is 17.7 Å². The average Bonchev–Trinajstić information content (AvgIpc) is 3.59. The van der Waals surface area contributed by atoms with E-state index in [4.69, 9.17) is 16.3 Å². The maximum atomic E-state index is 15.4. The molecule has 0 bridgehead atoms. The fraction of sp³-hybridized carbons (Fsp3) is 0.292. The van der Waals surface area contributed by atoms with Gasteiger partial charge in [-0.25, -0.2) is 13.6 Å². The molecule has 1 N–H and O–H groups in total. The van der Waals surface area contributed by atoms with Crippen molar-refractivity contribution in [2.75, 3.05) is 12.4 Å². The van der Waals surface area contributed by atoms with Gasteiger partial charge in [0.2, 0.25) is 0 Å². The molecule has 1 amide bonds. The number of hydrogen-bond acceptors (Lipinski definition) is 5. The predicted octanol–water partition coefficient (Wildman–Crippen LogP) is 6.19. The van der Waals surface area contributed by atoms with Crippen LogP contribution in [0.25, 0.3) is 11.3 Å². The first-order chi connectivity index (χ1) is 17.4. The van der Waals surface area contributed by atoms with Gasteiger partial charge in [0.15, 0.2) is 11.8 Å². The maximum absolute atomic E-state index is 15.4. The molecule has 1 aliphatic carbocycles. The van der Waals surface area contributed by atoms with E-state index in [1.807, 2.05) is 0 Å². The van der Waals surface area contributed by atoms with Crippen molar-refractivity contribution in [3.63, 3.8) is 0 Å². The highest BCUT2D eigenvalue weighted by atomic mass is 35.5. The van der Waals surface area contributed by atoms with Gasteiger partial charge in [0, 0.05) is 5.56 Å². The van der Waals surface area contributed by atoms with Crippen LogP contribution in [-0.4, -0.2) is 41.0 Å². The number of carbonyl (C=O) groups is 2. The van der Waals surface area contributed by atoms with E-state index in [0.717, 1.165) is 19.2 Å². The Morgan fingerprint density at radius 1 is 1.16 bits per heavy atom. The molecule has 196 valence electrons. The lowest BCUT2D eigenvalue weighted by Gasteiger charge is -2.21. The van der Waals surface area contributed by atoms with Gasteiger partial charge < -0.3 is 14.8 Å². The normalized spacial score (nSPS) is 14.3. The summed E-state index contributed by atoms with van der Waals surface area (Å²) in [6.45, 7) is 0.711. The molecule has 2 aromatic carbocycles. The van der Waals surface area contributed by atoms with Crippen molar-refractivity contribution in [2.24, 2.45) is 0 Å². The van der Waals surface area contributed by atoms with Crippen molar-refractivity contribution >= 4 is 29.2 Å². The van der Waals surface area contributed by atoms with Gasteiger partial charge in [-0.2, -0.15) is 18.3 Å². The summed E-state index contributed by atoms with van der Waals surface area (Å²) in [6.07, 6.45) is -5.82. The van der Waals surface area contributed by atoms with Crippen molar-refractivity contribution < 1.29 is 41.0 Å². The number of halogens is 6. The topological polar surface area (TPSA) is 82.5 Å². The molecule has 3 aromatic rings. The van der Waals surface area contributed by atoms with E-state index in [0.29, 0.717) is 25.8 Å². The van der Waals surface area contributed by atoms with Gasteiger partial charge in [0.25, 0.3) is 5.91 Å². The Labute approximate surface area is 212 Å². The van der Waals surface area contributed by atoms with Crippen LogP contribution in [0.5, 0.6) is 5.75 Å². The first kappa shape index (κ1) is 26.4. The van der Waals surface area contributed by atoms with Crippen molar-refractivity contribution in [1.29, 1.82) is 0 Å². The van der Waals surface area contributed by atoms with E-state index in [-0.39, 0.29) is 28.0 Å². The third-order valence-corrected chi connectivity index (χ3v) is 5.89. The zero-order valence-corrected chi connectivity index (χ0v) is 20.1. The molecule has 0 radical (unpaired) electrons. The lowest BCUT2D eigenvalue weighted by Crippen LogP contribution is -2.32. The first-order valence-corrected chi connectivity index (χ1v) is 11.3. The molecule has 0 spiro atoms. The number of alkyl halides is 3. The summed E-state index contributed by atoms with van der Waals surface area (Å²) in [4.78, 5) is 24.9. The molecule has 4 rings (SSSR count). The number of benzene rings is 2. The highest BCUT2D eigenvalue weighted by Gasteiger charge is 2.39. The van der Waals surface area contributed by atoms with Gasteiger partial charge >= 0.3 is 12.1 Å². The van der Waals surface area contributed by atoms with Crippen LogP contribution in [0.1, 0.15) is 46.7 Å². The minimum Gasteiger partial charge on any atom is -0.480 e. The van der Waals surface area contributed by atoms with Crippen molar-refractivity contribution in [2.45, 2.75) is 38.1 Å². The second kappa shape index (κ2) is 10.0. The lowest BCUT2D eigenvalue weighted by atomic mass is 10.0. The number of aromatic nitrogens is 2. The minimum absolute atomic E-state index is 0.0778. The standard InChI is InChI=1S/C24H19ClF5N3O4/c1-11(24(28,29)30)37-20-9-13(19-10-18(23(35)36-2)32-33(19)12-6-7-12)17(27)8-14(20)22(34)31-21-15(25)4-3-5-16(21)26/h3-5,8-12H,6-7H2,1-2H3,(H,31,34). The van der Waals surface area contributed by atoms with Gasteiger partial charge in [-0.05, 0) is 50.1 Å².